The predicted octanol–water partition coefficient (Wildman–Crippen LogP) is 2.47. The van der Waals surface area contributed by atoms with Gasteiger partial charge in [0.25, 0.3) is 10.0 Å². The van der Waals surface area contributed by atoms with Crippen molar-refractivity contribution < 1.29 is 8.42 Å². The second-order valence-electron chi connectivity index (χ2n) is 3.81. The summed E-state index contributed by atoms with van der Waals surface area (Å²) in [5.41, 5.74) is 0. The fraction of sp³-hybridized carbons (Fsp3) is 0.500. The number of nitrogens with zero attached hydrogens (tertiary/aromatic N) is 2. The molecule has 0 amide bonds. The number of sulfonamides is 1. The molecule has 7 heteroatoms. The Morgan fingerprint density at radius 2 is 2.24 bits per heavy atom. The number of piperidine rings is 1. The summed E-state index contributed by atoms with van der Waals surface area (Å²) in [6.07, 6.45) is 2.31. The van der Waals surface area contributed by atoms with E-state index >= 15 is 0 Å². The van der Waals surface area contributed by atoms with Crippen LogP contribution in [0.25, 0.3) is 0 Å². The molecule has 1 aromatic rings. The van der Waals surface area contributed by atoms with Gasteiger partial charge in [0.1, 0.15) is 10.3 Å². The van der Waals surface area contributed by atoms with Crippen LogP contribution in [0.1, 0.15) is 19.3 Å². The van der Waals surface area contributed by atoms with Crippen molar-refractivity contribution in [2.45, 2.75) is 29.5 Å². The Bertz CT molecular complexity index is 547. The fourth-order valence-corrected chi connectivity index (χ4v) is 5.09. The second kappa shape index (κ2) is 4.94. The van der Waals surface area contributed by atoms with Gasteiger partial charge < -0.3 is 0 Å². The summed E-state index contributed by atoms with van der Waals surface area (Å²) in [4.78, 5) is 0. The molecule has 0 bridgehead atoms. The smallest absolute Gasteiger partial charge is 0.206 e. The van der Waals surface area contributed by atoms with E-state index in [9.17, 15) is 8.42 Å². The van der Waals surface area contributed by atoms with E-state index in [0.717, 1.165) is 24.2 Å². The highest BCUT2D eigenvalue weighted by Crippen LogP contribution is 2.31. The molecule has 92 valence electrons. The number of halogens is 1. The van der Waals surface area contributed by atoms with Gasteiger partial charge in [-0.2, -0.15) is 9.57 Å². The standard InChI is InChI=1S/C10H11ClN2O2S2/c11-9-4-5-10(16-9)17(14,15)13-6-2-1-3-8(13)7-12/h4-5,8H,1-3,6H2. The molecule has 1 fully saturated rings. The average molecular weight is 291 g/mol. The Hall–Kier alpha value is -0.610. The van der Waals surface area contributed by atoms with Gasteiger partial charge in [-0.05, 0) is 31.4 Å². The molecule has 4 nitrogen and oxygen atoms in total. The van der Waals surface area contributed by atoms with Crippen LogP contribution in [0.4, 0.5) is 0 Å². The second-order valence-corrected chi connectivity index (χ2v) is 7.65. The van der Waals surface area contributed by atoms with Crippen LogP contribution in [0.2, 0.25) is 4.34 Å². The molecule has 1 aromatic heterocycles. The van der Waals surface area contributed by atoms with E-state index in [0.29, 0.717) is 17.3 Å². The van der Waals surface area contributed by atoms with Gasteiger partial charge >= 0.3 is 0 Å². The monoisotopic (exact) mass is 290 g/mol. The maximum atomic E-state index is 12.3. The molecule has 1 aliphatic heterocycles. The van der Waals surface area contributed by atoms with Crippen LogP contribution >= 0.6 is 22.9 Å². The van der Waals surface area contributed by atoms with Crippen LogP contribution in [-0.4, -0.2) is 25.3 Å². The molecule has 0 N–H and O–H groups in total. The van der Waals surface area contributed by atoms with E-state index in [2.05, 4.69) is 6.07 Å². The van der Waals surface area contributed by atoms with Gasteiger partial charge in [-0.25, -0.2) is 8.42 Å². The molecule has 1 atom stereocenters. The van der Waals surface area contributed by atoms with Gasteiger partial charge in [-0.15, -0.1) is 11.3 Å². The van der Waals surface area contributed by atoms with Crippen LogP contribution in [0.5, 0.6) is 0 Å². The molecule has 0 aromatic carbocycles. The lowest BCUT2D eigenvalue weighted by Gasteiger charge is -2.29. The highest BCUT2D eigenvalue weighted by Gasteiger charge is 2.34. The largest absolute Gasteiger partial charge is 0.253 e. The first-order valence-corrected chi connectivity index (χ1v) is 7.86. The van der Waals surface area contributed by atoms with Crippen molar-refractivity contribution in [3.05, 3.63) is 16.5 Å². The topological polar surface area (TPSA) is 61.2 Å². The van der Waals surface area contributed by atoms with E-state index in [1.807, 2.05) is 0 Å². The van der Waals surface area contributed by atoms with Crippen LogP contribution in [0, 0.1) is 11.3 Å². The third-order valence-corrected chi connectivity index (χ3v) is 6.32. The molecular weight excluding hydrogens is 280 g/mol. The number of hydrogen-bond donors (Lipinski definition) is 0. The molecule has 0 spiro atoms. The zero-order valence-corrected chi connectivity index (χ0v) is 11.4. The van der Waals surface area contributed by atoms with Crippen LogP contribution < -0.4 is 0 Å². The van der Waals surface area contributed by atoms with Gasteiger partial charge in [0.15, 0.2) is 0 Å². The number of hydrogen-bond acceptors (Lipinski definition) is 4. The van der Waals surface area contributed by atoms with Gasteiger partial charge in [0, 0.05) is 6.54 Å². The minimum atomic E-state index is -3.56. The zero-order chi connectivity index (χ0) is 12.5. The minimum absolute atomic E-state index is 0.213. The van der Waals surface area contributed by atoms with Gasteiger partial charge in [-0.3, -0.25) is 0 Å². The predicted molar refractivity (Wildman–Crippen MR) is 66.5 cm³/mol. The van der Waals surface area contributed by atoms with Crippen molar-refractivity contribution in [3.63, 3.8) is 0 Å². The molecule has 2 heterocycles. The Morgan fingerprint density at radius 1 is 1.47 bits per heavy atom. The summed E-state index contributed by atoms with van der Waals surface area (Å²) in [5, 5.41) is 9.00. The molecule has 1 saturated heterocycles. The molecule has 0 saturated carbocycles. The Kier molecular flexibility index (Phi) is 3.73. The SMILES string of the molecule is N#CC1CCCCN1S(=O)(=O)c1ccc(Cl)s1. The third kappa shape index (κ3) is 2.47. The quantitative estimate of drug-likeness (QED) is 0.840. The highest BCUT2D eigenvalue weighted by atomic mass is 35.5. The Balaban J connectivity index is 2.35. The molecule has 1 aliphatic rings. The maximum absolute atomic E-state index is 12.3. The molecule has 0 aliphatic carbocycles. The van der Waals surface area contributed by atoms with Crippen molar-refractivity contribution in [1.29, 1.82) is 5.26 Å². The number of thiophene rings is 1. The molecule has 1 unspecified atom stereocenters. The van der Waals surface area contributed by atoms with Gasteiger partial charge in [0.05, 0.1) is 10.4 Å². The number of rotatable bonds is 2. The van der Waals surface area contributed by atoms with Crippen LogP contribution in [0.15, 0.2) is 16.3 Å². The summed E-state index contributed by atoms with van der Waals surface area (Å²) in [6.45, 7) is 0.413. The van der Waals surface area contributed by atoms with Crippen molar-refractivity contribution >= 4 is 33.0 Å². The molecule has 2 rings (SSSR count). The number of nitriles is 1. The first kappa shape index (κ1) is 12.8. The first-order valence-electron chi connectivity index (χ1n) is 5.22. The summed E-state index contributed by atoms with van der Waals surface area (Å²) >= 11 is 6.77. The summed E-state index contributed by atoms with van der Waals surface area (Å²) < 4.78 is 26.5. The summed E-state index contributed by atoms with van der Waals surface area (Å²) in [6, 6.07) is 4.56. The van der Waals surface area contributed by atoms with E-state index < -0.39 is 16.1 Å². The lowest BCUT2D eigenvalue weighted by molar-refractivity contribution is 0.297. The lowest BCUT2D eigenvalue weighted by atomic mass is 10.1. The Labute approximate surface area is 109 Å². The van der Waals surface area contributed by atoms with E-state index in [-0.39, 0.29) is 4.21 Å². The van der Waals surface area contributed by atoms with Crippen molar-refractivity contribution in [2.75, 3.05) is 6.54 Å². The first-order chi connectivity index (χ1) is 8.05. The van der Waals surface area contributed by atoms with Crippen molar-refractivity contribution in [2.24, 2.45) is 0 Å². The lowest BCUT2D eigenvalue weighted by Crippen LogP contribution is -2.42. The zero-order valence-electron chi connectivity index (χ0n) is 8.97. The Morgan fingerprint density at radius 3 is 2.82 bits per heavy atom. The van der Waals surface area contributed by atoms with Crippen molar-refractivity contribution in [3.8, 4) is 6.07 Å². The summed E-state index contributed by atoms with van der Waals surface area (Å²) in [7, 11) is -3.56. The molecule has 17 heavy (non-hydrogen) atoms. The molecule has 0 radical (unpaired) electrons. The van der Waals surface area contributed by atoms with Gasteiger partial charge in [0.2, 0.25) is 0 Å². The summed E-state index contributed by atoms with van der Waals surface area (Å²) in [5.74, 6) is 0. The van der Waals surface area contributed by atoms with E-state index in [1.165, 1.54) is 10.4 Å². The van der Waals surface area contributed by atoms with Crippen LogP contribution in [0.3, 0.4) is 0 Å². The molecular formula is C10H11ClN2O2S2. The third-order valence-electron chi connectivity index (χ3n) is 2.71. The van der Waals surface area contributed by atoms with Crippen LogP contribution in [-0.2, 0) is 10.0 Å². The highest BCUT2D eigenvalue weighted by molar-refractivity contribution is 7.91. The van der Waals surface area contributed by atoms with E-state index in [1.54, 1.807) is 6.07 Å². The maximum Gasteiger partial charge on any atom is 0.253 e. The minimum Gasteiger partial charge on any atom is -0.206 e. The normalized spacial score (nSPS) is 22.2. The average Bonchev–Trinajstić information content (AvgIpc) is 2.76. The van der Waals surface area contributed by atoms with E-state index in [4.69, 9.17) is 16.9 Å². The van der Waals surface area contributed by atoms with Crippen molar-refractivity contribution in [1.82, 2.24) is 4.31 Å². The van der Waals surface area contributed by atoms with Gasteiger partial charge in [-0.1, -0.05) is 11.6 Å². The fourth-order valence-electron chi connectivity index (χ4n) is 1.87.